The molecule has 1 fully saturated rings. The molecule has 0 aliphatic heterocycles. The topological polar surface area (TPSA) is 79.3 Å². The predicted molar refractivity (Wildman–Crippen MR) is 75.4 cm³/mol. The molecule has 0 unspecified atom stereocenters. The van der Waals surface area contributed by atoms with Crippen molar-refractivity contribution in [2.75, 3.05) is 5.32 Å². The average Bonchev–Trinajstić information content (AvgIpc) is 3.20. The first-order chi connectivity index (χ1) is 10.1. The molecular formula is C14H11FN2O3S. The standard InChI is InChI=1S/C14H11FN2O3S/c15-9-4-2-1-3-8(9)12(18)17-14-16-10(7-5-6-7)11(21-14)13(19)20/h1-4,7H,5-6H2,(H,19,20)(H,16,17,18). The fourth-order valence-electron chi connectivity index (χ4n) is 1.98. The molecule has 1 saturated carbocycles. The number of hydrogen-bond donors (Lipinski definition) is 2. The zero-order valence-electron chi connectivity index (χ0n) is 10.8. The summed E-state index contributed by atoms with van der Waals surface area (Å²) in [6.45, 7) is 0. The van der Waals surface area contributed by atoms with Crippen molar-refractivity contribution in [2.24, 2.45) is 0 Å². The molecule has 7 heteroatoms. The van der Waals surface area contributed by atoms with Gasteiger partial charge in [0.05, 0.1) is 11.3 Å². The lowest BCUT2D eigenvalue weighted by molar-refractivity contribution is 0.0700. The smallest absolute Gasteiger partial charge is 0.347 e. The van der Waals surface area contributed by atoms with Crippen molar-refractivity contribution < 1.29 is 19.1 Å². The van der Waals surface area contributed by atoms with Gasteiger partial charge in [0.25, 0.3) is 5.91 Å². The molecule has 0 bridgehead atoms. The number of aromatic carboxylic acids is 1. The van der Waals surface area contributed by atoms with Crippen molar-refractivity contribution in [3.8, 4) is 0 Å². The predicted octanol–water partition coefficient (Wildman–Crippen LogP) is 3.11. The summed E-state index contributed by atoms with van der Waals surface area (Å²) in [6.07, 6.45) is 1.81. The number of rotatable bonds is 4. The van der Waals surface area contributed by atoms with Gasteiger partial charge in [-0.15, -0.1) is 0 Å². The average molecular weight is 306 g/mol. The number of anilines is 1. The Bertz CT molecular complexity index is 725. The van der Waals surface area contributed by atoms with Crippen LogP contribution >= 0.6 is 11.3 Å². The number of halogens is 1. The Hall–Kier alpha value is -2.28. The van der Waals surface area contributed by atoms with Gasteiger partial charge in [0.1, 0.15) is 10.7 Å². The van der Waals surface area contributed by atoms with Crippen molar-refractivity contribution in [1.82, 2.24) is 4.98 Å². The van der Waals surface area contributed by atoms with Crippen molar-refractivity contribution in [3.63, 3.8) is 0 Å². The molecule has 21 heavy (non-hydrogen) atoms. The van der Waals surface area contributed by atoms with Gasteiger partial charge in [0.15, 0.2) is 5.13 Å². The van der Waals surface area contributed by atoms with E-state index < -0.39 is 17.7 Å². The van der Waals surface area contributed by atoms with Gasteiger partial charge in [0.2, 0.25) is 0 Å². The van der Waals surface area contributed by atoms with Crippen LogP contribution in [0.3, 0.4) is 0 Å². The first kappa shape index (κ1) is 13.7. The SMILES string of the molecule is O=C(Nc1nc(C2CC2)c(C(=O)O)s1)c1ccccc1F. The van der Waals surface area contributed by atoms with Crippen molar-refractivity contribution >= 4 is 28.3 Å². The van der Waals surface area contributed by atoms with E-state index in [4.69, 9.17) is 5.11 Å². The molecule has 5 nitrogen and oxygen atoms in total. The maximum absolute atomic E-state index is 13.5. The third-order valence-electron chi connectivity index (χ3n) is 3.15. The number of nitrogens with zero attached hydrogens (tertiary/aromatic N) is 1. The summed E-state index contributed by atoms with van der Waals surface area (Å²) in [5.74, 6) is -2.17. The van der Waals surface area contributed by atoms with Crippen molar-refractivity contribution in [2.45, 2.75) is 18.8 Å². The molecule has 1 aliphatic rings. The Morgan fingerprint density at radius 1 is 1.33 bits per heavy atom. The fourth-order valence-corrected chi connectivity index (χ4v) is 2.87. The Labute approximate surface area is 123 Å². The lowest BCUT2D eigenvalue weighted by Gasteiger charge is -2.02. The van der Waals surface area contributed by atoms with Crippen LogP contribution in [-0.2, 0) is 0 Å². The van der Waals surface area contributed by atoms with Crippen molar-refractivity contribution in [1.29, 1.82) is 0 Å². The zero-order chi connectivity index (χ0) is 15.0. The lowest BCUT2D eigenvalue weighted by Crippen LogP contribution is -2.13. The van der Waals surface area contributed by atoms with Gasteiger partial charge in [-0.1, -0.05) is 23.5 Å². The Morgan fingerprint density at radius 3 is 2.67 bits per heavy atom. The van der Waals surface area contributed by atoms with E-state index in [-0.39, 0.29) is 21.5 Å². The highest BCUT2D eigenvalue weighted by molar-refractivity contribution is 7.17. The highest BCUT2D eigenvalue weighted by Crippen LogP contribution is 2.43. The number of aromatic nitrogens is 1. The van der Waals surface area contributed by atoms with Gasteiger partial charge in [0, 0.05) is 5.92 Å². The van der Waals surface area contributed by atoms with Crippen LogP contribution in [0.5, 0.6) is 0 Å². The van der Waals surface area contributed by atoms with Crippen LogP contribution in [-0.4, -0.2) is 22.0 Å². The Balaban J connectivity index is 1.85. The number of carbonyl (C=O) groups excluding carboxylic acids is 1. The van der Waals surface area contributed by atoms with E-state index in [1.807, 2.05) is 0 Å². The van der Waals surface area contributed by atoms with Crippen LogP contribution in [0, 0.1) is 5.82 Å². The van der Waals surface area contributed by atoms with Gasteiger partial charge in [-0.3, -0.25) is 10.1 Å². The zero-order valence-corrected chi connectivity index (χ0v) is 11.6. The third-order valence-corrected chi connectivity index (χ3v) is 4.13. The van der Waals surface area contributed by atoms with Crippen LogP contribution in [0.4, 0.5) is 9.52 Å². The molecule has 2 N–H and O–H groups in total. The molecule has 0 spiro atoms. The van der Waals surface area contributed by atoms with E-state index in [0.717, 1.165) is 24.2 Å². The number of thiazole rings is 1. The number of carbonyl (C=O) groups is 2. The third kappa shape index (κ3) is 2.78. The molecular weight excluding hydrogens is 295 g/mol. The molecule has 1 amide bonds. The summed E-state index contributed by atoms with van der Waals surface area (Å²) in [7, 11) is 0. The van der Waals surface area contributed by atoms with E-state index in [1.165, 1.54) is 18.2 Å². The van der Waals surface area contributed by atoms with Gasteiger partial charge >= 0.3 is 5.97 Å². The summed E-state index contributed by atoms with van der Waals surface area (Å²) >= 11 is 0.900. The molecule has 0 radical (unpaired) electrons. The second-order valence-corrected chi connectivity index (χ2v) is 5.75. The minimum absolute atomic E-state index is 0.0995. The second kappa shape index (κ2) is 5.25. The van der Waals surface area contributed by atoms with Gasteiger partial charge in [-0.25, -0.2) is 14.2 Å². The molecule has 0 saturated heterocycles. The number of carboxylic acids is 1. The summed E-state index contributed by atoms with van der Waals surface area (Å²) in [5.41, 5.74) is 0.411. The normalized spacial score (nSPS) is 14.0. The summed E-state index contributed by atoms with van der Waals surface area (Å²) in [6, 6.07) is 5.59. The number of nitrogens with one attached hydrogen (secondary N) is 1. The maximum Gasteiger partial charge on any atom is 0.347 e. The fraction of sp³-hybridized carbons (Fsp3) is 0.214. The number of benzene rings is 1. The second-order valence-electron chi connectivity index (χ2n) is 4.75. The molecule has 0 atom stereocenters. The molecule has 1 heterocycles. The summed E-state index contributed by atoms with van der Waals surface area (Å²) < 4.78 is 13.5. The monoisotopic (exact) mass is 306 g/mol. The number of hydrogen-bond acceptors (Lipinski definition) is 4. The van der Waals surface area contributed by atoms with E-state index in [1.54, 1.807) is 6.07 Å². The molecule has 108 valence electrons. The molecule has 1 aromatic carbocycles. The lowest BCUT2D eigenvalue weighted by atomic mass is 10.2. The first-order valence-corrected chi connectivity index (χ1v) is 7.18. The highest BCUT2D eigenvalue weighted by atomic mass is 32.1. The van der Waals surface area contributed by atoms with Crippen LogP contribution in [0.25, 0.3) is 0 Å². The molecule has 1 aliphatic carbocycles. The van der Waals surface area contributed by atoms with E-state index in [9.17, 15) is 14.0 Å². The summed E-state index contributed by atoms with van der Waals surface area (Å²) in [4.78, 5) is 27.5. The van der Waals surface area contributed by atoms with Crippen LogP contribution in [0.2, 0.25) is 0 Å². The first-order valence-electron chi connectivity index (χ1n) is 6.36. The number of amides is 1. The van der Waals surface area contributed by atoms with E-state index >= 15 is 0 Å². The molecule has 2 aromatic rings. The quantitative estimate of drug-likeness (QED) is 0.909. The van der Waals surface area contributed by atoms with E-state index in [0.29, 0.717) is 5.69 Å². The van der Waals surface area contributed by atoms with Gasteiger partial charge in [-0.2, -0.15) is 0 Å². The largest absolute Gasteiger partial charge is 0.477 e. The Kier molecular flexibility index (Phi) is 3.42. The summed E-state index contributed by atoms with van der Waals surface area (Å²) in [5, 5.41) is 11.8. The molecule has 3 rings (SSSR count). The number of carboxylic acid groups (broad SMARTS) is 1. The highest BCUT2D eigenvalue weighted by Gasteiger charge is 2.32. The minimum atomic E-state index is -1.05. The maximum atomic E-state index is 13.5. The molecule has 1 aromatic heterocycles. The van der Waals surface area contributed by atoms with Gasteiger partial charge < -0.3 is 5.11 Å². The Morgan fingerprint density at radius 2 is 2.05 bits per heavy atom. The van der Waals surface area contributed by atoms with E-state index in [2.05, 4.69) is 10.3 Å². The van der Waals surface area contributed by atoms with Crippen LogP contribution in [0.1, 0.15) is 44.5 Å². The minimum Gasteiger partial charge on any atom is -0.477 e. The van der Waals surface area contributed by atoms with Crippen LogP contribution < -0.4 is 5.32 Å². The van der Waals surface area contributed by atoms with Crippen LogP contribution in [0.15, 0.2) is 24.3 Å². The van der Waals surface area contributed by atoms with Crippen molar-refractivity contribution in [3.05, 3.63) is 46.2 Å². The van der Waals surface area contributed by atoms with Gasteiger partial charge in [-0.05, 0) is 25.0 Å².